The van der Waals surface area contributed by atoms with Crippen molar-refractivity contribution in [1.82, 2.24) is 25.2 Å². The molecule has 3 heterocycles. The van der Waals surface area contributed by atoms with Crippen LogP contribution in [0.3, 0.4) is 0 Å². The summed E-state index contributed by atoms with van der Waals surface area (Å²) in [6, 6.07) is 16.3. The topological polar surface area (TPSA) is 65.1 Å². The van der Waals surface area contributed by atoms with Crippen LogP contribution in [0.2, 0.25) is 0 Å². The molecule has 0 aliphatic carbocycles. The lowest BCUT2D eigenvalue weighted by molar-refractivity contribution is 0.0688. The second-order valence-corrected chi connectivity index (χ2v) is 8.97. The zero-order valence-electron chi connectivity index (χ0n) is 17.4. The molecule has 1 aromatic heterocycles. The van der Waals surface area contributed by atoms with Crippen molar-refractivity contribution in [3.8, 4) is 0 Å². The Labute approximate surface area is 177 Å². The molecule has 1 atom stereocenters. The maximum atomic E-state index is 13.1. The summed E-state index contributed by atoms with van der Waals surface area (Å²) < 4.78 is 0. The Morgan fingerprint density at radius 3 is 2.77 bits per heavy atom. The van der Waals surface area contributed by atoms with E-state index in [1.165, 1.54) is 31.4 Å². The normalized spacial score (nSPS) is 22.2. The van der Waals surface area contributed by atoms with Crippen LogP contribution < -0.4 is 0 Å². The second kappa shape index (κ2) is 8.19. The lowest BCUT2D eigenvalue weighted by Gasteiger charge is -2.40. The molecular formula is C24H29N5O. The van der Waals surface area contributed by atoms with E-state index in [-0.39, 0.29) is 11.3 Å². The minimum absolute atomic E-state index is 0.123. The largest absolute Gasteiger partial charge is 0.338 e. The van der Waals surface area contributed by atoms with Crippen molar-refractivity contribution in [3.05, 3.63) is 59.7 Å². The Kier molecular flexibility index (Phi) is 5.25. The van der Waals surface area contributed by atoms with Crippen molar-refractivity contribution in [2.24, 2.45) is 5.41 Å². The third-order valence-electron chi connectivity index (χ3n) is 6.81. The molecule has 6 heteroatoms. The highest BCUT2D eigenvalue weighted by molar-refractivity contribution is 5.97. The van der Waals surface area contributed by atoms with Crippen molar-refractivity contribution in [2.45, 2.75) is 32.1 Å². The summed E-state index contributed by atoms with van der Waals surface area (Å²) in [7, 11) is 0. The molecule has 2 saturated heterocycles. The molecule has 2 fully saturated rings. The summed E-state index contributed by atoms with van der Waals surface area (Å²) in [5.74, 6) is 0.123. The average molecular weight is 404 g/mol. The molecule has 0 bridgehead atoms. The van der Waals surface area contributed by atoms with Gasteiger partial charge in [-0.1, -0.05) is 30.3 Å². The Balaban J connectivity index is 1.18. The smallest absolute Gasteiger partial charge is 0.253 e. The van der Waals surface area contributed by atoms with Gasteiger partial charge in [0, 0.05) is 30.6 Å². The minimum Gasteiger partial charge on any atom is -0.338 e. The van der Waals surface area contributed by atoms with Gasteiger partial charge < -0.3 is 9.80 Å². The van der Waals surface area contributed by atoms with Crippen molar-refractivity contribution in [3.63, 3.8) is 0 Å². The SMILES string of the molecule is O=C(c1ccc2n[nH]nc2c1)N1CC[C@]2(CCCN(CCCc3ccccc3)C2)C1. The Hall–Kier alpha value is -2.73. The van der Waals surface area contributed by atoms with E-state index in [1.807, 2.05) is 18.2 Å². The Morgan fingerprint density at radius 1 is 1.00 bits per heavy atom. The molecule has 0 radical (unpaired) electrons. The van der Waals surface area contributed by atoms with E-state index in [0.29, 0.717) is 5.56 Å². The maximum Gasteiger partial charge on any atom is 0.253 e. The number of aromatic amines is 1. The van der Waals surface area contributed by atoms with E-state index >= 15 is 0 Å². The monoisotopic (exact) mass is 403 g/mol. The van der Waals surface area contributed by atoms with Gasteiger partial charge in [-0.2, -0.15) is 15.4 Å². The molecule has 2 aliphatic rings. The number of nitrogens with one attached hydrogen (secondary N) is 1. The van der Waals surface area contributed by atoms with E-state index in [1.54, 1.807) is 0 Å². The zero-order valence-corrected chi connectivity index (χ0v) is 17.4. The molecule has 5 rings (SSSR count). The number of carbonyl (C=O) groups is 1. The molecule has 1 amide bonds. The fourth-order valence-electron chi connectivity index (χ4n) is 5.25. The molecule has 1 N–H and O–H groups in total. The van der Waals surface area contributed by atoms with Crippen molar-refractivity contribution >= 4 is 16.9 Å². The van der Waals surface area contributed by atoms with Gasteiger partial charge >= 0.3 is 0 Å². The average Bonchev–Trinajstić information content (AvgIpc) is 3.41. The van der Waals surface area contributed by atoms with Gasteiger partial charge in [0.15, 0.2) is 0 Å². The number of likely N-dealkylation sites (tertiary alicyclic amines) is 2. The number of aryl methyl sites for hydroxylation is 1. The molecule has 1 spiro atoms. The van der Waals surface area contributed by atoms with Crippen LogP contribution >= 0.6 is 0 Å². The molecule has 2 aromatic carbocycles. The maximum absolute atomic E-state index is 13.1. The van der Waals surface area contributed by atoms with Gasteiger partial charge in [0.05, 0.1) is 0 Å². The van der Waals surface area contributed by atoms with Crippen LogP contribution in [-0.2, 0) is 6.42 Å². The van der Waals surface area contributed by atoms with Crippen LogP contribution in [0.4, 0.5) is 0 Å². The fourth-order valence-corrected chi connectivity index (χ4v) is 5.25. The van der Waals surface area contributed by atoms with Gasteiger partial charge in [0.1, 0.15) is 11.0 Å². The summed E-state index contributed by atoms with van der Waals surface area (Å²) in [5.41, 5.74) is 3.94. The van der Waals surface area contributed by atoms with Gasteiger partial charge in [-0.15, -0.1) is 0 Å². The third-order valence-corrected chi connectivity index (χ3v) is 6.81. The van der Waals surface area contributed by atoms with E-state index < -0.39 is 0 Å². The van der Waals surface area contributed by atoms with Gasteiger partial charge in [0.2, 0.25) is 0 Å². The van der Waals surface area contributed by atoms with Crippen LogP contribution in [0.25, 0.3) is 11.0 Å². The number of hydrogen-bond acceptors (Lipinski definition) is 4. The number of H-pyrrole nitrogens is 1. The summed E-state index contributed by atoms with van der Waals surface area (Å²) in [6.07, 6.45) is 5.91. The van der Waals surface area contributed by atoms with Gasteiger partial charge in [-0.3, -0.25) is 4.79 Å². The molecule has 3 aromatic rings. The molecule has 0 unspecified atom stereocenters. The lowest BCUT2D eigenvalue weighted by atomic mass is 9.79. The van der Waals surface area contributed by atoms with Crippen molar-refractivity contribution in [1.29, 1.82) is 0 Å². The van der Waals surface area contributed by atoms with Crippen LogP contribution in [0, 0.1) is 5.41 Å². The van der Waals surface area contributed by atoms with Crippen molar-refractivity contribution < 1.29 is 4.79 Å². The van der Waals surface area contributed by atoms with Crippen LogP contribution in [0.5, 0.6) is 0 Å². The van der Waals surface area contributed by atoms with Gasteiger partial charge in [-0.05, 0) is 69.0 Å². The number of nitrogens with zero attached hydrogens (tertiary/aromatic N) is 4. The predicted molar refractivity (Wildman–Crippen MR) is 117 cm³/mol. The number of fused-ring (bicyclic) bond motifs is 1. The Bertz CT molecular complexity index is 1020. The quantitative estimate of drug-likeness (QED) is 0.708. The number of hydrogen-bond donors (Lipinski definition) is 1. The number of amides is 1. The van der Waals surface area contributed by atoms with E-state index in [0.717, 1.165) is 50.1 Å². The third kappa shape index (κ3) is 3.97. The number of carbonyl (C=O) groups excluding carboxylic acids is 1. The van der Waals surface area contributed by atoms with Gasteiger partial charge in [0.25, 0.3) is 5.91 Å². The first-order valence-electron chi connectivity index (χ1n) is 11.1. The number of rotatable bonds is 5. The summed E-state index contributed by atoms with van der Waals surface area (Å²) >= 11 is 0. The molecule has 156 valence electrons. The standard InChI is InChI=1S/C24H29N5O/c30-23(20-9-10-21-22(16-20)26-27-25-21)29-15-12-24(18-29)11-5-14-28(17-24)13-4-8-19-6-2-1-3-7-19/h1-3,6-7,9-10,16H,4-5,8,11-15,17-18H2,(H,25,26,27)/t24-/m0/s1. The van der Waals surface area contributed by atoms with E-state index in [2.05, 4.69) is 55.5 Å². The first kappa shape index (κ1) is 19.2. The van der Waals surface area contributed by atoms with Gasteiger partial charge in [-0.25, -0.2) is 0 Å². The molecular weight excluding hydrogens is 374 g/mol. The summed E-state index contributed by atoms with van der Waals surface area (Å²) in [4.78, 5) is 17.8. The Morgan fingerprint density at radius 2 is 1.87 bits per heavy atom. The summed E-state index contributed by atoms with van der Waals surface area (Å²) in [5, 5.41) is 10.8. The van der Waals surface area contributed by atoms with E-state index in [9.17, 15) is 4.79 Å². The van der Waals surface area contributed by atoms with Crippen LogP contribution in [0.15, 0.2) is 48.5 Å². The zero-order chi connectivity index (χ0) is 20.4. The lowest BCUT2D eigenvalue weighted by Crippen LogP contribution is -2.45. The first-order chi connectivity index (χ1) is 14.7. The van der Waals surface area contributed by atoms with Crippen LogP contribution in [-0.4, -0.2) is 63.8 Å². The highest BCUT2D eigenvalue weighted by atomic mass is 16.2. The van der Waals surface area contributed by atoms with E-state index in [4.69, 9.17) is 0 Å². The highest BCUT2D eigenvalue weighted by Gasteiger charge is 2.42. The number of benzene rings is 2. The molecule has 6 nitrogen and oxygen atoms in total. The fraction of sp³-hybridized carbons (Fsp3) is 0.458. The number of aromatic nitrogens is 3. The van der Waals surface area contributed by atoms with Crippen LogP contribution in [0.1, 0.15) is 41.6 Å². The molecule has 2 aliphatic heterocycles. The molecule has 30 heavy (non-hydrogen) atoms. The highest BCUT2D eigenvalue weighted by Crippen LogP contribution is 2.39. The second-order valence-electron chi connectivity index (χ2n) is 8.97. The van der Waals surface area contributed by atoms with Crippen molar-refractivity contribution in [2.75, 3.05) is 32.7 Å². The minimum atomic E-state index is 0.123. The molecule has 0 saturated carbocycles. The first-order valence-corrected chi connectivity index (χ1v) is 11.1. The predicted octanol–water partition coefficient (Wildman–Crippen LogP) is 3.52. The summed E-state index contributed by atoms with van der Waals surface area (Å²) in [6.45, 7) is 5.18. The number of piperidine rings is 1.